The molecule has 1 N–H and O–H groups in total. The maximum Gasteiger partial charge on any atom is 0.0698 e. The Morgan fingerprint density at radius 1 is 1.27 bits per heavy atom. The van der Waals surface area contributed by atoms with Crippen LogP contribution in [0, 0.1) is 11.8 Å². The Bertz CT molecular complexity index is 164. The molecule has 0 spiro atoms. The second-order valence-electron chi connectivity index (χ2n) is 5.04. The smallest absolute Gasteiger partial charge is 0.0698 e. The molecule has 0 radical (unpaired) electrons. The normalized spacial score (nSPS) is 31.2. The Kier molecular flexibility index (Phi) is 5.62. The standard InChI is InChI=1S/C13H27NO/c1-5-14-13(11(3)15-4)12-8-6-10(2)7-9-12/h10-14H,5-9H2,1-4H3. The van der Waals surface area contributed by atoms with Crippen LogP contribution in [0.4, 0.5) is 0 Å². The minimum atomic E-state index is 0.336. The lowest BCUT2D eigenvalue weighted by Crippen LogP contribution is -2.46. The first-order chi connectivity index (χ1) is 7.19. The fourth-order valence-electron chi connectivity index (χ4n) is 2.74. The van der Waals surface area contributed by atoms with Crippen LogP contribution in [0.1, 0.15) is 46.5 Å². The summed E-state index contributed by atoms with van der Waals surface area (Å²) in [6.07, 6.45) is 5.86. The number of nitrogens with one attached hydrogen (secondary N) is 1. The summed E-state index contributed by atoms with van der Waals surface area (Å²) in [5.74, 6) is 1.75. The molecule has 1 aliphatic carbocycles. The molecular weight excluding hydrogens is 186 g/mol. The predicted molar refractivity (Wildman–Crippen MR) is 65.1 cm³/mol. The van der Waals surface area contributed by atoms with Gasteiger partial charge in [-0.05, 0) is 38.1 Å². The van der Waals surface area contributed by atoms with E-state index in [2.05, 4.69) is 26.1 Å². The Balaban J connectivity index is 2.47. The molecule has 2 heteroatoms. The van der Waals surface area contributed by atoms with E-state index < -0.39 is 0 Å². The molecule has 1 saturated carbocycles. The molecule has 0 bridgehead atoms. The highest BCUT2D eigenvalue weighted by Gasteiger charge is 2.29. The first-order valence-corrected chi connectivity index (χ1v) is 6.45. The van der Waals surface area contributed by atoms with Gasteiger partial charge in [0.25, 0.3) is 0 Å². The molecule has 1 fully saturated rings. The molecular formula is C13H27NO. The Hall–Kier alpha value is -0.0800. The number of hydrogen-bond donors (Lipinski definition) is 1. The monoisotopic (exact) mass is 213 g/mol. The summed E-state index contributed by atoms with van der Waals surface area (Å²) in [7, 11) is 1.82. The van der Waals surface area contributed by atoms with Crippen molar-refractivity contribution < 1.29 is 4.74 Å². The largest absolute Gasteiger partial charge is 0.380 e. The average Bonchev–Trinajstić information content (AvgIpc) is 2.26. The maximum absolute atomic E-state index is 5.48. The van der Waals surface area contributed by atoms with Gasteiger partial charge in [0.05, 0.1) is 6.10 Å². The number of likely N-dealkylation sites (N-methyl/N-ethyl adjacent to an activating group) is 1. The van der Waals surface area contributed by atoms with Gasteiger partial charge < -0.3 is 10.1 Å². The highest BCUT2D eigenvalue weighted by atomic mass is 16.5. The van der Waals surface area contributed by atoms with Gasteiger partial charge in [0.15, 0.2) is 0 Å². The van der Waals surface area contributed by atoms with E-state index in [0.29, 0.717) is 12.1 Å². The van der Waals surface area contributed by atoms with Gasteiger partial charge in [0.1, 0.15) is 0 Å². The van der Waals surface area contributed by atoms with E-state index in [1.54, 1.807) is 0 Å². The average molecular weight is 213 g/mol. The highest BCUT2D eigenvalue weighted by molar-refractivity contribution is 4.84. The van der Waals surface area contributed by atoms with Crippen LogP contribution in [0.15, 0.2) is 0 Å². The van der Waals surface area contributed by atoms with Gasteiger partial charge >= 0.3 is 0 Å². The predicted octanol–water partition coefficient (Wildman–Crippen LogP) is 2.83. The van der Waals surface area contributed by atoms with E-state index >= 15 is 0 Å². The molecule has 90 valence electrons. The topological polar surface area (TPSA) is 21.3 Å². The molecule has 2 unspecified atom stereocenters. The third-order valence-corrected chi connectivity index (χ3v) is 3.89. The van der Waals surface area contributed by atoms with Crippen LogP contribution in [0.3, 0.4) is 0 Å². The number of rotatable bonds is 5. The van der Waals surface area contributed by atoms with E-state index in [4.69, 9.17) is 4.74 Å². The van der Waals surface area contributed by atoms with Crippen molar-refractivity contribution in [3.63, 3.8) is 0 Å². The van der Waals surface area contributed by atoms with Crippen LogP contribution in [0.2, 0.25) is 0 Å². The van der Waals surface area contributed by atoms with Crippen molar-refractivity contribution in [3.05, 3.63) is 0 Å². The van der Waals surface area contributed by atoms with Gasteiger partial charge in [-0.1, -0.05) is 26.7 Å². The molecule has 15 heavy (non-hydrogen) atoms. The van der Waals surface area contributed by atoms with Crippen LogP contribution >= 0.6 is 0 Å². The highest BCUT2D eigenvalue weighted by Crippen LogP contribution is 2.31. The molecule has 2 nitrogen and oxygen atoms in total. The SMILES string of the molecule is CCNC(C1CCC(C)CC1)C(C)OC. The number of hydrogen-bond acceptors (Lipinski definition) is 2. The summed E-state index contributed by atoms with van der Waals surface area (Å²) in [6, 6.07) is 0.549. The minimum absolute atomic E-state index is 0.336. The van der Waals surface area contributed by atoms with Crippen molar-refractivity contribution in [2.24, 2.45) is 11.8 Å². The lowest BCUT2D eigenvalue weighted by Gasteiger charge is -2.36. The zero-order chi connectivity index (χ0) is 11.3. The Morgan fingerprint density at radius 2 is 1.87 bits per heavy atom. The van der Waals surface area contributed by atoms with Gasteiger partial charge in [-0.3, -0.25) is 0 Å². The van der Waals surface area contributed by atoms with Crippen LogP contribution < -0.4 is 5.32 Å². The molecule has 2 atom stereocenters. The summed E-state index contributed by atoms with van der Waals surface area (Å²) in [6.45, 7) is 7.79. The Morgan fingerprint density at radius 3 is 2.33 bits per heavy atom. The van der Waals surface area contributed by atoms with Crippen LogP contribution in [0.25, 0.3) is 0 Å². The maximum atomic E-state index is 5.48. The summed E-state index contributed by atoms with van der Waals surface area (Å²) in [5, 5.41) is 3.59. The van der Waals surface area contributed by atoms with Gasteiger partial charge in [-0.15, -0.1) is 0 Å². The van der Waals surface area contributed by atoms with Crippen LogP contribution in [-0.2, 0) is 4.74 Å². The van der Waals surface area contributed by atoms with E-state index in [1.807, 2.05) is 7.11 Å². The van der Waals surface area contributed by atoms with Gasteiger partial charge in [0.2, 0.25) is 0 Å². The summed E-state index contributed by atoms with van der Waals surface area (Å²) < 4.78 is 5.48. The zero-order valence-electron chi connectivity index (χ0n) is 10.8. The van der Waals surface area contributed by atoms with E-state index in [1.165, 1.54) is 25.7 Å². The first-order valence-electron chi connectivity index (χ1n) is 6.45. The summed E-state index contributed by atoms with van der Waals surface area (Å²) in [4.78, 5) is 0. The van der Waals surface area contributed by atoms with E-state index in [-0.39, 0.29) is 0 Å². The van der Waals surface area contributed by atoms with Gasteiger partial charge in [-0.25, -0.2) is 0 Å². The quantitative estimate of drug-likeness (QED) is 0.758. The lowest BCUT2D eigenvalue weighted by molar-refractivity contribution is 0.0495. The minimum Gasteiger partial charge on any atom is -0.380 e. The van der Waals surface area contributed by atoms with Crippen molar-refractivity contribution in [2.75, 3.05) is 13.7 Å². The lowest BCUT2D eigenvalue weighted by atomic mass is 9.78. The van der Waals surface area contributed by atoms with Crippen LogP contribution in [-0.4, -0.2) is 25.8 Å². The molecule has 0 heterocycles. The molecule has 1 aliphatic rings. The van der Waals surface area contributed by atoms with Crippen LogP contribution in [0.5, 0.6) is 0 Å². The molecule has 0 aliphatic heterocycles. The van der Waals surface area contributed by atoms with E-state index in [9.17, 15) is 0 Å². The molecule has 0 aromatic rings. The van der Waals surface area contributed by atoms with Gasteiger partial charge in [-0.2, -0.15) is 0 Å². The van der Waals surface area contributed by atoms with Crippen molar-refractivity contribution in [2.45, 2.75) is 58.6 Å². The molecule has 0 aromatic carbocycles. The van der Waals surface area contributed by atoms with E-state index in [0.717, 1.165) is 18.4 Å². The second-order valence-corrected chi connectivity index (χ2v) is 5.04. The third-order valence-electron chi connectivity index (χ3n) is 3.89. The van der Waals surface area contributed by atoms with Crippen molar-refractivity contribution in [3.8, 4) is 0 Å². The number of methoxy groups -OCH3 is 1. The zero-order valence-corrected chi connectivity index (χ0v) is 10.8. The van der Waals surface area contributed by atoms with Gasteiger partial charge in [0, 0.05) is 13.2 Å². The fourth-order valence-corrected chi connectivity index (χ4v) is 2.74. The Labute approximate surface area is 94.8 Å². The molecule has 0 saturated heterocycles. The molecule has 0 amide bonds. The van der Waals surface area contributed by atoms with Crippen molar-refractivity contribution >= 4 is 0 Å². The van der Waals surface area contributed by atoms with Crippen molar-refractivity contribution in [1.29, 1.82) is 0 Å². The summed E-state index contributed by atoms with van der Waals surface area (Å²) >= 11 is 0. The number of ether oxygens (including phenoxy) is 1. The summed E-state index contributed by atoms with van der Waals surface area (Å²) in [5.41, 5.74) is 0. The third kappa shape index (κ3) is 3.76. The first kappa shape index (κ1) is 13.0. The molecule has 0 aromatic heterocycles. The van der Waals surface area contributed by atoms with Crippen molar-refractivity contribution in [1.82, 2.24) is 5.32 Å². The molecule has 1 rings (SSSR count). The fraction of sp³-hybridized carbons (Fsp3) is 1.00. The second kappa shape index (κ2) is 6.49.